The van der Waals surface area contributed by atoms with Crippen LogP contribution in [0.15, 0.2) is 35.5 Å². The third-order valence-corrected chi connectivity index (χ3v) is 12.3. The number of aliphatic hydroxyl groups excluding tert-OH is 2. The first-order valence-electron chi connectivity index (χ1n) is 13.8. The summed E-state index contributed by atoms with van der Waals surface area (Å²) in [5, 5.41) is 21.6. The van der Waals surface area contributed by atoms with Crippen molar-refractivity contribution < 1.29 is 29.3 Å². The molecule has 0 aromatic carbocycles. The molecule has 2 N–H and O–H groups in total. The molecule has 12 atom stereocenters. The average Bonchev–Trinajstić information content (AvgIpc) is 3.41. The van der Waals surface area contributed by atoms with Gasteiger partial charge in [-0.25, -0.2) is 4.79 Å². The Bertz CT molecular complexity index is 1150. The minimum absolute atomic E-state index is 0.0213. The molecule has 2 saturated heterocycles. The maximum atomic E-state index is 14.0. The summed E-state index contributed by atoms with van der Waals surface area (Å²) in [7, 11) is 0. The molecule has 7 rings (SSSR count). The molecule has 2 heterocycles. The van der Waals surface area contributed by atoms with Crippen molar-refractivity contribution >= 4 is 11.9 Å². The Balaban J connectivity index is 1.30. The van der Waals surface area contributed by atoms with Crippen LogP contribution in [0.4, 0.5) is 0 Å². The second-order valence-corrected chi connectivity index (χ2v) is 13.6. The maximum absolute atomic E-state index is 14.0. The van der Waals surface area contributed by atoms with Gasteiger partial charge in [-0.1, -0.05) is 45.1 Å². The Morgan fingerprint density at radius 2 is 1.72 bits per heavy atom. The van der Waals surface area contributed by atoms with Crippen LogP contribution >= 0.6 is 0 Å². The molecule has 5 fully saturated rings. The number of hydrogen-bond donors (Lipinski definition) is 2. The van der Waals surface area contributed by atoms with E-state index < -0.39 is 23.0 Å². The van der Waals surface area contributed by atoms with Crippen molar-refractivity contribution in [3.8, 4) is 0 Å². The number of allylic oxidation sites excluding steroid dienone is 2. The molecule has 5 aliphatic carbocycles. The largest absolute Gasteiger partial charge is 0.462 e. The van der Waals surface area contributed by atoms with E-state index in [9.17, 15) is 19.8 Å². The Morgan fingerprint density at radius 1 is 0.972 bits per heavy atom. The van der Waals surface area contributed by atoms with Crippen molar-refractivity contribution in [3.63, 3.8) is 0 Å². The highest BCUT2D eigenvalue weighted by Gasteiger charge is 2.76. The Hall–Kier alpha value is -1.92. The van der Waals surface area contributed by atoms with Gasteiger partial charge in [0.25, 0.3) is 0 Å². The summed E-state index contributed by atoms with van der Waals surface area (Å²) in [4.78, 5) is 26.4. The van der Waals surface area contributed by atoms with E-state index >= 15 is 0 Å². The fraction of sp³-hybridized carbons (Fsp3) is 0.733. The van der Waals surface area contributed by atoms with Gasteiger partial charge in [-0.2, -0.15) is 0 Å². The smallest absolute Gasteiger partial charge is 0.334 e. The summed E-state index contributed by atoms with van der Waals surface area (Å²) in [5.41, 5.74) is 2.82. The summed E-state index contributed by atoms with van der Waals surface area (Å²) in [6.45, 7) is 14.9. The fourth-order valence-corrected chi connectivity index (χ4v) is 10.5. The Morgan fingerprint density at radius 3 is 2.47 bits per heavy atom. The van der Waals surface area contributed by atoms with Crippen LogP contribution in [0.3, 0.4) is 0 Å². The van der Waals surface area contributed by atoms with Gasteiger partial charge in [0.1, 0.15) is 12.2 Å². The van der Waals surface area contributed by atoms with E-state index in [2.05, 4.69) is 33.9 Å². The molecular formula is C30H38O6. The summed E-state index contributed by atoms with van der Waals surface area (Å²) in [6.07, 6.45) is 3.22. The lowest BCUT2D eigenvalue weighted by Crippen LogP contribution is -2.57. The molecule has 0 radical (unpaired) electrons. The quantitative estimate of drug-likeness (QED) is 0.302. The van der Waals surface area contributed by atoms with Crippen LogP contribution in [0.25, 0.3) is 0 Å². The zero-order valence-corrected chi connectivity index (χ0v) is 21.6. The molecule has 2 aliphatic heterocycles. The summed E-state index contributed by atoms with van der Waals surface area (Å²) in [5.74, 6) is 0.259. The number of carbonyl (C=O) groups excluding carboxylic acids is 2. The van der Waals surface area contributed by atoms with Gasteiger partial charge in [0.15, 0.2) is 0 Å². The molecule has 7 aliphatic rings. The van der Waals surface area contributed by atoms with E-state index in [1.165, 1.54) is 11.1 Å². The molecule has 6 nitrogen and oxygen atoms in total. The SMILES string of the molecule is C=C1C(=O)O[C@H]2C[C@H](C)C3=C(C[C@H]12)[C@]1(C)C[C@H]3C[C@@]12C(=O)O[C@@H]1C[C@@]3(C)[C@@H](O)C[C@@H](O)C(=C)[C@@H]3C[C@@H]12. The average molecular weight is 495 g/mol. The molecular weight excluding hydrogens is 456 g/mol. The second kappa shape index (κ2) is 6.93. The lowest BCUT2D eigenvalue weighted by molar-refractivity contribution is -0.154. The van der Waals surface area contributed by atoms with Gasteiger partial charge in [0.2, 0.25) is 0 Å². The van der Waals surface area contributed by atoms with Crippen molar-refractivity contribution in [1.82, 2.24) is 0 Å². The number of rotatable bonds is 0. The van der Waals surface area contributed by atoms with Gasteiger partial charge >= 0.3 is 11.9 Å². The lowest BCUT2D eigenvalue weighted by Gasteiger charge is -2.56. The Kier molecular flexibility index (Phi) is 4.47. The summed E-state index contributed by atoms with van der Waals surface area (Å²) < 4.78 is 12.0. The number of ether oxygens (including phenoxy) is 2. The molecule has 194 valence electrons. The molecule has 0 aromatic rings. The van der Waals surface area contributed by atoms with Crippen molar-refractivity contribution in [2.45, 2.75) is 90.1 Å². The van der Waals surface area contributed by atoms with Crippen LogP contribution in [-0.2, 0) is 19.1 Å². The van der Waals surface area contributed by atoms with Gasteiger partial charge in [-0.05, 0) is 61.9 Å². The highest BCUT2D eigenvalue weighted by atomic mass is 16.6. The number of aliphatic hydroxyl groups is 2. The maximum Gasteiger partial charge on any atom is 0.334 e. The van der Waals surface area contributed by atoms with Crippen molar-refractivity contribution in [2.75, 3.05) is 0 Å². The minimum Gasteiger partial charge on any atom is -0.462 e. The normalized spacial score (nSPS) is 55.2. The molecule has 0 amide bonds. The van der Waals surface area contributed by atoms with Crippen LogP contribution in [0.1, 0.15) is 65.7 Å². The fourth-order valence-electron chi connectivity index (χ4n) is 10.5. The molecule has 6 heteroatoms. The predicted molar refractivity (Wildman–Crippen MR) is 131 cm³/mol. The first-order valence-corrected chi connectivity index (χ1v) is 13.8. The van der Waals surface area contributed by atoms with Crippen LogP contribution < -0.4 is 0 Å². The first-order chi connectivity index (χ1) is 16.9. The van der Waals surface area contributed by atoms with Crippen molar-refractivity contribution in [3.05, 3.63) is 35.5 Å². The van der Waals surface area contributed by atoms with E-state index in [-0.39, 0.29) is 47.3 Å². The number of fused-ring (bicyclic) bond motifs is 9. The lowest BCUT2D eigenvalue weighted by atomic mass is 9.47. The van der Waals surface area contributed by atoms with E-state index in [0.29, 0.717) is 36.7 Å². The van der Waals surface area contributed by atoms with E-state index in [4.69, 9.17) is 9.47 Å². The second-order valence-electron chi connectivity index (χ2n) is 13.6. The molecule has 0 aromatic heterocycles. The van der Waals surface area contributed by atoms with Gasteiger partial charge in [-0.3, -0.25) is 4.79 Å². The van der Waals surface area contributed by atoms with Gasteiger partial charge in [0.05, 0.1) is 17.6 Å². The van der Waals surface area contributed by atoms with Crippen LogP contribution in [0, 0.1) is 45.8 Å². The topological polar surface area (TPSA) is 93.1 Å². The number of carbonyl (C=O) groups is 2. The number of esters is 2. The van der Waals surface area contributed by atoms with E-state index in [1.54, 1.807) is 0 Å². The number of hydrogen-bond acceptors (Lipinski definition) is 6. The molecule has 0 unspecified atom stereocenters. The highest BCUT2D eigenvalue weighted by molar-refractivity contribution is 5.91. The molecule has 1 spiro atoms. The monoisotopic (exact) mass is 494 g/mol. The van der Waals surface area contributed by atoms with E-state index in [0.717, 1.165) is 31.3 Å². The molecule has 2 bridgehead atoms. The van der Waals surface area contributed by atoms with Crippen molar-refractivity contribution in [2.24, 2.45) is 45.8 Å². The van der Waals surface area contributed by atoms with Gasteiger partial charge in [-0.15, -0.1) is 0 Å². The molecule has 36 heavy (non-hydrogen) atoms. The zero-order chi connectivity index (χ0) is 25.5. The first kappa shape index (κ1) is 23.2. The van der Waals surface area contributed by atoms with Crippen LogP contribution in [0.2, 0.25) is 0 Å². The van der Waals surface area contributed by atoms with Gasteiger partial charge in [0, 0.05) is 34.7 Å². The predicted octanol–water partition coefficient (Wildman–Crippen LogP) is 3.87. The third-order valence-electron chi connectivity index (χ3n) is 12.3. The third kappa shape index (κ3) is 2.47. The standard InChI is InChI=1S/C30H38O6/c1-13-6-22-17(14(2)26(33)35-22)7-20-25(13)16-10-29(20,5)30(11-16)19-8-18-15(3)21(31)9-24(32)28(18,4)12-23(19)36-27(30)34/h13,16-19,21-24,31-32H,2-3,6-12H2,1,4-5H3/t13-,16-,17+,18-,19-,21+,22-,23+,24-,28+,29-,30+/m0/s1. The Labute approximate surface area is 212 Å². The van der Waals surface area contributed by atoms with Crippen LogP contribution in [0.5, 0.6) is 0 Å². The molecule has 3 saturated carbocycles. The van der Waals surface area contributed by atoms with Crippen molar-refractivity contribution in [1.29, 1.82) is 0 Å². The summed E-state index contributed by atoms with van der Waals surface area (Å²) >= 11 is 0. The van der Waals surface area contributed by atoms with Crippen LogP contribution in [-0.4, -0.2) is 46.6 Å². The van der Waals surface area contributed by atoms with Gasteiger partial charge < -0.3 is 19.7 Å². The van der Waals surface area contributed by atoms with E-state index in [1.807, 2.05) is 0 Å². The highest BCUT2D eigenvalue weighted by Crippen LogP contribution is 2.76. The minimum atomic E-state index is -0.709. The zero-order valence-electron chi connectivity index (χ0n) is 21.6. The summed E-state index contributed by atoms with van der Waals surface area (Å²) in [6, 6.07) is 0.